The normalized spacial score (nSPS) is 11.3. The molecule has 0 saturated heterocycles. The van der Waals surface area contributed by atoms with Crippen LogP contribution in [0.3, 0.4) is 0 Å². The van der Waals surface area contributed by atoms with Crippen molar-refractivity contribution in [3.63, 3.8) is 0 Å². The van der Waals surface area contributed by atoms with Gasteiger partial charge in [-0.3, -0.25) is 0 Å². The van der Waals surface area contributed by atoms with Crippen LogP contribution in [0.2, 0.25) is 0 Å². The second-order valence-electron chi connectivity index (χ2n) is 5.20. The van der Waals surface area contributed by atoms with Crippen molar-refractivity contribution in [3.05, 3.63) is 35.4 Å². The van der Waals surface area contributed by atoms with E-state index in [1.54, 1.807) is 20.8 Å². The van der Waals surface area contributed by atoms with Gasteiger partial charge in [0.05, 0.1) is 12.1 Å². The number of hydrogen-bond acceptors (Lipinski definition) is 2. The Balaban J connectivity index is 2.67. The number of ether oxygens (including phenoxy) is 1. The molecule has 1 N–H and O–H groups in total. The Morgan fingerprint density at radius 3 is 2.43 bits per heavy atom. The van der Waals surface area contributed by atoms with Gasteiger partial charge >= 0.3 is 12.3 Å². The summed E-state index contributed by atoms with van der Waals surface area (Å²) in [6, 6.07) is 5.02. The highest BCUT2D eigenvalue weighted by Gasteiger charge is 2.32. The fourth-order valence-electron chi connectivity index (χ4n) is 1.41. The Bertz CT molecular complexity index is 563. The Morgan fingerprint density at radius 1 is 1.24 bits per heavy atom. The highest BCUT2D eigenvalue weighted by molar-refractivity contribution is 5.68. The number of alkyl halides is 3. The highest BCUT2D eigenvalue weighted by atomic mass is 19.4. The first-order chi connectivity index (χ1) is 9.59. The molecule has 1 aromatic rings. The van der Waals surface area contributed by atoms with E-state index in [0.29, 0.717) is 0 Å². The lowest BCUT2D eigenvalue weighted by atomic mass is 10.1. The molecule has 0 heterocycles. The van der Waals surface area contributed by atoms with Gasteiger partial charge in [0, 0.05) is 5.56 Å². The molecule has 1 rings (SSSR count). The fourth-order valence-corrected chi connectivity index (χ4v) is 1.41. The molecule has 21 heavy (non-hydrogen) atoms. The minimum Gasteiger partial charge on any atom is -0.444 e. The van der Waals surface area contributed by atoms with Crippen molar-refractivity contribution >= 4 is 6.09 Å². The van der Waals surface area contributed by atoms with Crippen LogP contribution in [0.15, 0.2) is 24.3 Å². The van der Waals surface area contributed by atoms with E-state index >= 15 is 0 Å². The van der Waals surface area contributed by atoms with Crippen LogP contribution < -0.4 is 5.32 Å². The minimum absolute atomic E-state index is 0.0961. The van der Waals surface area contributed by atoms with Crippen LogP contribution in [-0.4, -0.2) is 18.2 Å². The van der Waals surface area contributed by atoms with Gasteiger partial charge in [0.25, 0.3) is 0 Å². The third-order valence-electron chi connectivity index (χ3n) is 2.18. The Labute approximate surface area is 121 Å². The molecule has 0 aliphatic carbocycles. The first-order valence-electron chi connectivity index (χ1n) is 6.21. The molecule has 0 radical (unpaired) electrons. The molecule has 0 atom stereocenters. The standard InChI is InChI=1S/C15H16F3NO2/c1-14(2,3)21-13(20)19-10-6-8-11-7-4-5-9-12(11)15(16,17)18/h4-5,7,9H,10H2,1-3H3,(H,19,20). The predicted octanol–water partition coefficient (Wildman–Crippen LogP) is 3.58. The molecule has 0 saturated carbocycles. The summed E-state index contributed by atoms with van der Waals surface area (Å²) in [6.07, 6.45) is -5.12. The summed E-state index contributed by atoms with van der Waals surface area (Å²) in [7, 11) is 0. The lowest BCUT2D eigenvalue weighted by Crippen LogP contribution is -2.32. The lowest BCUT2D eigenvalue weighted by molar-refractivity contribution is -0.137. The maximum absolute atomic E-state index is 12.7. The van der Waals surface area contributed by atoms with E-state index in [9.17, 15) is 18.0 Å². The number of rotatable bonds is 1. The minimum atomic E-state index is -4.45. The first-order valence-corrected chi connectivity index (χ1v) is 6.21. The van der Waals surface area contributed by atoms with Gasteiger partial charge < -0.3 is 10.1 Å². The van der Waals surface area contributed by atoms with Gasteiger partial charge in [0.15, 0.2) is 0 Å². The van der Waals surface area contributed by atoms with Crippen molar-refractivity contribution < 1.29 is 22.7 Å². The van der Waals surface area contributed by atoms with Crippen molar-refractivity contribution in [2.24, 2.45) is 0 Å². The van der Waals surface area contributed by atoms with Gasteiger partial charge in [-0.2, -0.15) is 13.2 Å². The Kier molecular flexibility index (Phi) is 5.25. The zero-order valence-corrected chi connectivity index (χ0v) is 12.0. The molecular weight excluding hydrogens is 283 g/mol. The average molecular weight is 299 g/mol. The van der Waals surface area contributed by atoms with Gasteiger partial charge in [0.1, 0.15) is 5.60 Å². The first kappa shape index (κ1) is 16.9. The van der Waals surface area contributed by atoms with E-state index in [-0.39, 0.29) is 12.1 Å². The number of nitrogens with one attached hydrogen (secondary N) is 1. The average Bonchev–Trinajstić information content (AvgIpc) is 2.32. The molecule has 0 fully saturated rings. The number of amides is 1. The second kappa shape index (κ2) is 6.53. The number of alkyl carbamates (subject to hydrolysis) is 1. The van der Waals surface area contributed by atoms with Crippen molar-refractivity contribution in [3.8, 4) is 11.8 Å². The molecule has 3 nitrogen and oxygen atoms in total. The summed E-state index contributed by atoms with van der Waals surface area (Å²) in [6.45, 7) is 5.02. The van der Waals surface area contributed by atoms with E-state index in [1.165, 1.54) is 18.2 Å². The van der Waals surface area contributed by atoms with Crippen LogP contribution in [0.25, 0.3) is 0 Å². The summed E-state index contributed by atoms with van der Waals surface area (Å²) >= 11 is 0. The number of carbonyl (C=O) groups excluding carboxylic acids is 1. The highest BCUT2D eigenvalue weighted by Crippen LogP contribution is 2.31. The molecule has 0 aliphatic heterocycles. The quantitative estimate of drug-likeness (QED) is 0.805. The summed E-state index contributed by atoms with van der Waals surface area (Å²) in [4.78, 5) is 11.3. The zero-order valence-electron chi connectivity index (χ0n) is 12.0. The predicted molar refractivity (Wildman–Crippen MR) is 72.6 cm³/mol. The molecule has 0 bridgehead atoms. The maximum atomic E-state index is 12.7. The van der Waals surface area contributed by atoms with Crippen LogP contribution in [0, 0.1) is 11.8 Å². The van der Waals surface area contributed by atoms with Crippen LogP contribution >= 0.6 is 0 Å². The monoisotopic (exact) mass is 299 g/mol. The molecule has 1 aromatic carbocycles. The van der Waals surface area contributed by atoms with E-state index in [0.717, 1.165) is 6.07 Å². The molecule has 0 aromatic heterocycles. The summed E-state index contributed by atoms with van der Waals surface area (Å²) in [5.41, 5.74) is -1.56. The molecule has 1 amide bonds. The molecular formula is C15H16F3NO2. The van der Waals surface area contributed by atoms with Crippen molar-refractivity contribution in [2.75, 3.05) is 6.54 Å². The second-order valence-corrected chi connectivity index (χ2v) is 5.20. The maximum Gasteiger partial charge on any atom is 0.417 e. The fraction of sp³-hybridized carbons (Fsp3) is 0.400. The SMILES string of the molecule is CC(C)(C)OC(=O)NCC#Cc1ccccc1C(F)(F)F. The van der Waals surface area contributed by atoms with Crippen LogP contribution in [0.4, 0.5) is 18.0 Å². The molecule has 6 heteroatoms. The van der Waals surface area contributed by atoms with Crippen molar-refractivity contribution in [2.45, 2.75) is 32.5 Å². The smallest absolute Gasteiger partial charge is 0.417 e. The van der Waals surface area contributed by atoms with Gasteiger partial charge in [0.2, 0.25) is 0 Å². The summed E-state index contributed by atoms with van der Waals surface area (Å²) < 4.78 is 43.1. The lowest BCUT2D eigenvalue weighted by Gasteiger charge is -2.19. The van der Waals surface area contributed by atoms with Gasteiger partial charge in [-0.1, -0.05) is 24.0 Å². The molecule has 114 valence electrons. The number of halogens is 3. The third-order valence-corrected chi connectivity index (χ3v) is 2.18. The van der Waals surface area contributed by atoms with E-state index in [1.807, 2.05) is 0 Å². The molecule has 0 aliphatic rings. The zero-order chi connectivity index (χ0) is 16.1. The van der Waals surface area contributed by atoms with Crippen LogP contribution in [-0.2, 0) is 10.9 Å². The number of carbonyl (C=O) groups is 1. The van der Waals surface area contributed by atoms with Crippen molar-refractivity contribution in [1.29, 1.82) is 0 Å². The van der Waals surface area contributed by atoms with E-state index in [2.05, 4.69) is 17.2 Å². The van der Waals surface area contributed by atoms with E-state index < -0.39 is 23.4 Å². The van der Waals surface area contributed by atoms with Crippen molar-refractivity contribution in [1.82, 2.24) is 5.32 Å². The van der Waals surface area contributed by atoms with Gasteiger partial charge in [-0.05, 0) is 32.9 Å². The van der Waals surface area contributed by atoms with Gasteiger partial charge in [-0.25, -0.2) is 4.79 Å². The third kappa shape index (κ3) is 6.21. The largest absolute Gasteiger partial charge is 0.444 e. The number of hydrogen-bond donors (Lipinski definition) is 1. The summed E-state index contributed by atoms with van der Waals surface area (Å²) in [5.74, 6) is 4.87. The summed E-state index contributed by atoms with van der Waals surface area (Å²) in [5, 5.41) is 2.35. The molecule has 0 unspecified atom stereocenters. The Morgan fingerprint density at radius 2 is 1.86 bits per heavy atom. The van der Waals surface area contributed by atoms with E-state index in [4.69, 9.17) is 4.74 Å². The Hall–Kier alpha value is -2.16. The number of benzene rings is 1. The van der Waals surface area contributed by atoms with Crippen LogP contribution in [0.1, 0.15) is 31.9 Å². The van der Waals surface area contributed by atoms with Crippen LogP contribution in [0.5, 0.6) is 0 Å². The van der Waals surface area contributed by atoms with Gasteiger partial charge in [-0.15, -0.1) is 0 Å². The molecule has 0 spiro atoms. The topological polar surface area (TPSA) is 38.3 Å².